The third-order valence-corrected chi connectivity index (χ3v) is 2.41. The second-order valence-electron chi connectivity index (χ2n) is 2.89. The maximum Gasteiger partial charge on any atom is 0.133 e. The molecule has 1 rings (SSSR count). The van der Waals surface area contributed by atoms with Crippen LogP contribution in [0.25, 0.3) is 0 Å². The molecule has 1 aromatic carbocycles. The molecular formula is C10H14BrNO2. The van der Waals surface area contributed by atoms with Gasteiger partial charge in [-0.05, 0) is 33.6 Å². The molecule has 0 aromatic heterocycles. The molecule has 4 heteroatoms. The van der Waals surface area contributed by atoms with Crippen LogP contribution >= 0.6 is 15.9 Å². The number of aliphatic hydroxyl groups excluding tert-OH is 1. The number of benzene rings is 1. The lowest BCUT2D eigenvalue weighted by Crippen LogP contribution is -2.01. The molecule has 0 saturated heterocycles. The Hall–Kier alpha value is -0.580. The number of rotatable bonds is 5. The van der Waals surface area contributed by atoms with Crippen LogP contribution in [0, 0.1) is 0 Å². The second-order valence-corrected chi connectivity index (χ2v) is 3.75. The van der Waals surface area contributed by atoms with Gasteiger partial charge in [-0.3, -0.25) is 0 Å². The Bertz CT molecular complexity index is 291. The average molecular weight is 260 g/mol. The predicted molar refractivity (Wildman–Crippen MR) is 59.2 cm³/mol. The molecule has 0 saturated carbocycles. The summed E-state index contributed by atoms with van der Waals surface area (Å²) in [6, 6.07) is 5.75. The minimum Gasteiger partial charge on any atom is -0.492 e. The Morgan fingerprint density at radius 1 is 1.43 bits per heavy atom. The summed E-state index contributed by atoms with van der Waals surface area (Å²) in [5, 5.41) is 8.59. The van der Waals surface area contributed by atoms with Gasteiger partial charge < -0.3 is 15.6 Å². The van der Waals surface area contributed by atoms with Gasteiger partial charge in [-0.15, -0.1) is 0 Å². The normalized spacial score (nSPS) is 10.2. The molecule has 0 atom stereocenters. The van der Waals surface area contributed by atoms with Gasteiger partial charge in [0.05, 0.1) is 11.1 Å². The molecule has 0 unspecified atom stereocenters. The van der Waals surface area contributed by atoms with Crippen LogP contribution in [0.4, 0.5) is 0 Å². The highest BCUT2D eigenvalue weighted by Gasteiger charge is 2.01. The first-order valence-electron chi connectivity index (χ1n) is 4.50. The summed E-state index contributed by atoms with van der Waals surface area (Å²) in [5.74, 6) is 0.788. The van der Waals surface area contributed by atoms with Crippen molar-refractivity contribution < 1.29 is 9.84 Å². The predicted octanol–water partition coefficient (Wildman–Crippen LogP) is 1.67. The summed E-state index contributed by atoms with van der Waals surface area (Å²) in [6.07, 6.45) is 0.644. The summed E-state index contributed by atoms with van der Waals surface area (Å²) in [7, 11) is 0. The summed E-state index contributed by atoms with van der Waals surface area (Å²) in [6.45, 7) is 1.20. The maximum atomic E-state index is 8.59. The number of aliphatic hydroxyl groups is 1. The zero-order valence-corrected chi connectivity index (χ0v) is 9.46. The monoisotopic (exact) mass is 259 g/mol. The average Bonchev–Trinajstić information content (AvgIpc) is 2.20. The van der Waals surface area contributed by atoms with Gasteiger partial charge in [-0.1, -0.05) is 6.07 Å². The Balaban J connectivity index is 2.59. The Morgan fingerprint density at radius 3 is 2.79 bits per heavy atom. The highest BCUT2D eigenvalue weighted by Crippen LogP contribution is 2.25. The Morgan fingerprint density at radius 2 is 2.21 bits per heavy atom. The molecule has 0 aliphatic rings. The smallest absolute Gasteiger partial charge is 0.133 e. The van der Waals surface area contributed by atoms with Gasteiger partial charge in [0, 0.05) is 19.6 Å². The van der Waals surface area contributed by atoms with Gasteiger partial charge in [0.15, 0.2) is 0 Å². The van der Waals surface area contributed by atoms with Crippen molar-refractivity contribution in [2.75, 3.05) is 13.2 Å². The van der Waals surface area contributed by atoms with E-state index in [0.717, 1.165) is 15.8 Å². The van der Waals surface area contributed by atoms with Gasteiger partial charge in [-0.25, -0.2) is 0 Å². The van der Waals surface area contributed by atoms with Gasteiger partial charge in [0.25, 0.3) is 0 Å². The Labute approximate surface area is 92.0 Å². The lowest BCUT2D eigenvalue weighted by Gasteiger charge is -2.08. The molecule has 0 bridgehead atoms. The van der Waals surface area contributed by atoms with Crippen LogP contribution in [0.15, 0.2) is 22.7 Å². The second kappa shape index (κ2) is 6.01. The first-order chi connectivity index (χ1) is 6.77. The first-order valence-corrected chi connectivity index (χ1v) is 5.29. The van der Waals surface area contributed by atoms with Crippen molar-refractivity contribution in [1.29, 1.82) is 0 Å². The van der Waals surface area contributed by atoms with Crippen LogP contribution in [-0.4, -0.2) is 18.3 Å². The molecule has 0 amide bonds. The number of ether oxygens (including phenoxy) is 1. The molecule has 1 aromatic rings. The lowest BCUT2D eigenvalue weighted by molar-refractivity contribution is 0.233. The van der Waals surface area contributed by atoms with Crippen molar-refractivity contribution in [3.8, 4) is 5.75 Å². The van der Waals surface area contributed by atoms with Crippen LogP contribution < -0.4 is 10.5 Å². The van der Waals surface area contributed by atoms with Gasteiger partial charge in [0.2, 0.25) is 0 Å². The molecule has 3 N–H and O–H groups in total. The fraction of sp³-hybridized carbons (Fsp3) is 0.400. The third kappa shape index (κ3) is 3.29. The Kier molecular flexibility index (Phi) is 4.93. The van der Waals surface area contributed by atoms with Crippen molar-refractivity contribution >= 4 is 15.9 Å². The topological polar surface area (TPSA) is 55.5 Å². The van der Waals surface area contributed by atoms with E-state index in [0.29, 0.717) is 19.6 Å². The van der Waals surface area contributed by atoms with Crippen LogP contribution in [0.2, 0.25) is 0 Å². The highest BCUT2D eigenvalue weighted by atomic mass is 79.9. The number of hydrogen-bond acceptors (Lipinski definition) is 3. The fourth-order valence-corrected chi connectivity index (χ4v) is 1.58. The van der Waals surface area contributed by atoms with Crippen LogP contribution in [0.3, 0.4) is 0 Å². The molecule has 0 fully saturated rings. The van der Waals surface area contributed by atoms with E-state index in [2.05, 4.69) is 15.9 Å². The minimum atomic E-state index is 0.151. The van der Waals surface area contributed by atoms with E-state index < -0.39 is 0 Å². The van der Waals surface area contributed by atoms with E-state index >= 15 is 0 Å². The van der Waals surface area contributed by atoms with Crippen molar-refractivity contribution in [1.82, 2.24) is 0 Å². The molecular weight excluding hydrogens is 246 g/mol. The lowest BCUT2D eigenvalue weighted by atomic mass is 10.2. The quantitative estimate of drug-likeness (QED) is 0.792. The van der Waals surface area contributed by atoms with Gasteiger partial charge >= 0.3 is 0 Å². The highest BCUT2D eigenvalue weighted by molar-refractivity contribution is 9.10. The summed E-state index contributed by atoms with van der Waals surface area (Å²) in [5.41, 5.74) is 6.56. The summed E-state index contributed by atoms with van der Waals surface area (Å²) in [4.78, 5) is 0. The van der Waals surface area contributed by atoms with E-state index in [4.69, 9.17) is 15.6 Å². The van der Waals surface area contributed by atoms with Crippen LogP contribution in [0.5, 0.6) is 5.75 Å². The van der Waals surface area contributed by atoms with E-state index in [9.17, 15) is 0 Å². The van der Waals surface area contributed by atoms with E-state index in [-0.39, 0.29) is 6.61 Å². The zero-order valence-electron chi connectivity index (χ0n) is 7.87. The molecule has 3 nitrogen and oxygen atoms in total. The third-order valence-electron chi connectivity index (χ3n) is 1.79. The van der Waals surface area contributed by atoms with Gasteiger partial charge in [-0.2, -0.15) is 0 Å². The fourth-order valence-electron chi connectivity index (χ4n) is 1.04. The van der Waals surface area contributed by atoms with Crippen molar-refractivity contribution in [2.45, 2.75) is 13.0 Å². The molecule has 0 radical (unpaired) electrons. The SMILES string of the molecule is NCc1ccc(OCCCO)c(Br)c1. The van der Waals surface area contributed by atoms with Crippen molar-refractivity contribution in [3.05, 3.63) is 28.2 Å². The number of halogens is 1. The minimum absolute atomic E-state index is 0.151. The molecule has 0 heterocycles. The first kappa shape index (κ1) is 11.5. The van der Waals surface area contributed by atoms with E-state index in [1.54, 1.807) is 0 Å². The maximum absolute atomic E-state index is 8.59. The number of nitrogens with two attached hydrogens (primary N) is 1. The van der Waals surface area contributed by atoms with E-state index in [1.807, 2.05) is 18.2 Å². The van der Waals surface area contributed by atoms with Crippen LogP contribution in [-0.2, 0) is 6.54 Å². The summed E-state index contributed by atoms with van der Waals surface area (Å²) >= 11 is 3.40. The zero-order chi connectivity index (χ0) is 10.4. The molecule has 0 aliphatic carbocycles. The standard InChI is InChI=1S/C10H14BrNO2/c11-9-6-8(7-12)2-3-10(9)14-5-1-4-13/h2-3,6,13H,1,4-5,7,12H2. The molecule has 0 aliphatic heterocycles. The summed E-state index contributed by atoms with van der Waals surface area (Å²) < 4.78 is 6.33. The number of hydrogen-bond donors (Lipinski definition) is 2. The van der Waals surface area contributed by atoms with Crippen LogP contribution in [0.1, 0.15) is 12.0 Å². The van der Waals surface area contributed by atoms with Crippen molar-refractivity contribution in [3.63, 3.8) is 0 Å². The molecule has 0 spiro atoms. The van der Waals surface area contributed by atoms with E-state index in [1.165, 1.54) is 0 Å². The largest absolute Gasteiger partial charge is 0.492 e. The van der Waals surface area contributed by atoms with Gasteiger partial charge in [0.1, 0.15) is 5.75 Å². The van der Waals surface area contributed by atoms with Crippen molar-refractivity contribution in [2.24, 2.45) is 5.73 Å². The molecule has 14 heavy (non-hydrogen) atoms. The molecule has 78 valence electrons.